The van der Waals surface area contributed by atoms with Crippen molar-refractivity contribution in [2.45, 2.75) is 18.9 Å². The number of benzene rings is 1. The Morgan fingerprint density at radius 3 is 2.48 bits per heavy atom. The van der Waals surface area contributed by atoms with Crippen LogP contribution in [0.2, 0.25) is 0 Å². The fourth-order valence-corrected chi connectivity index (χ4v) is 4.32. The van der Waals surface area contributed by atoms with Gasteiger partial charge in [-0.2, -0.15) is 0 Å². The first-order valence-corrected chi connectivity index (χ1v) is 10.3. The topological polar surface area (TPSA) is 67.9 Å². The van der Waals surface area contributed by atoms with Crippen LogP contribution in [-0.4, -0.2) is 59.0 Å². The van der Waals surface area contributed by atoms with Gasteiger partial charge >= 0.3 is 0 Å². The van der Waals surface area contributed by atoms with Gasteiger partial charge in [0.15, 0.2) is 11.5 Å². The molecule has 1 N–H and O–H groups in total. The van der Waals surface area contributed by atoms with E-state index in [2.05, 4.69) is 9.62 Å². The summed E-state index contributed by atoms with van der Waals surface area (Å²) in [6.07, 6.45) is 3.68. The van der Waals surface area contributed by atoms with Crippen molar-refractivity contribution in [2.75, 3.05) is 39.6 Å². The van der Waals surface area contributed by atoms with E-state index in [1.807, 2.05) is 24.3 Å². The molecule has 2 fully saturated rings. The molecule has 8 heteroatoms. The lowest BCUT2D eigenvalue weighted by molar-refractivity contribution is 0.224. The van der Waals surface area contributed by atoms with Gasteiger partial charge in [0.25, 0.3) is 0 Å². The van der Waals surface area contributed by atoms with Crippen LogP contribution in [0.5, 0.6) is 11.5 Å². The number of hydrogen-bond donors (Lipinski definition) is 1. The maximum Gasteiger partial charge on any atom is 0.209 e. The summed E-state index contributed by atoms with van der Waals surface area (Å²) in [6.45, 7) is 3.03. The van der Waals surface area contributed by atoms with Crippen molar-refractivity contribution in [2.24, 2.45) is 11.8 Å². The largest absolute Gasteiger partial charge is 0.493 e. The first kappa shape index (κ1) is 20.3. The zero-order valence-electron chi connectivity index (χ0n) is 14.7. The second-order valence-corrected chi connectivity index (χ2v) is 8.54. The molecular formula is C17H27ClN2O4S. The molecule has 142 valence electrons. The third-order valence-corrected chi connectivity index (χ3v) is 5.50. The standard InChI is InChI=1S/C17H26N2O4S.ClH/c1-22-16-5-3-4-6-17(16)23-10-9-19-11-14(13-7-8-13)15(12-19)18-24(2,20)21;/h3-6,13-15,18H,7-12H2,1-2H3;1H/t14-,15+;/m1./s1. The Hall–Kier alpha value is -1.02. The fourth-order valence-electron chi connectivity index (χ4n) is 3.52. The highest BCUT2D eigenvalue weighted by Crippen LogP contribution is 2.41. The lowest BCUT2D eigenvalue weighted by atomic mass is 9.99. The van der Waals surface area contributed by atoms with Crippen molar-refractivity contribution in [1.29, 1.82) is 0 Å². The lowest BCUT2D eigenvalue weighted by Crippen LogP contribution is -2.40. The summed E-state index contributed by atoms with van der Waals surface area (Å²) in [6, 6.07) is 7.62. The highest BCUT2D eigenvalue weighted by Gasteiger charge is 2.43. The molecule has 1 saturated carbocycles. The van der Waals surface area contributed by atoms with Gasteiger partial charge in [0.2, 0.25) is 10.0 Å². The summed E-state index contributed by atoms with van der Waals surface area (Å²) in [5.41, 5.74) is 0. The normalized spacial score (nSPS) is 23.9. The van der Waals surface area contributed by atoms with Crippen molar-refractivity contribution < 1.29 is 17.9 Å². The van der Waals surface area contributed by atoms with Gasteiger partial charge in [-0.25, -0.2) is 13.1 Å². The molecule has 0 spiro atoms. The Morgan fingerprint density at radius 2 is 1.88 bits per heavy atom. The van der Waals surface area contributed by atoms with Gasteiger partial charge in [-0.3, -0.25) is 4.90 Å². The molecule has 1 saturated heterocycles. The lowest BCUT2D eigenvalue weighted by Gasteiger charge is -2.17. The van der Waals surface area contributed by atoms with Gasteiger partial charge in [0, 0.05) is 25.7 Å². The maximum absolute atomic E-state index is 11.6. The highest BCUT2D eigenvalue weighted by molar-refractivity contribution is 7.88. The van der Waals surface area contributed by atoms with E-state index in [1.54, 1.807) is 7.11 Å². The Bertz CT molecular complexity index is 666. The van der Waals surface area contributed by atoms with Crippen LogP contribution in [-0.2, 0) is 10.0 Å². The molecule has 0 amide bonds. The smallest absolute Gasteiger partial charge is 0.209 e. The van der Waals surface area contributed by atoms with Crippen LogP contribution in [0.4, 0.5) is 0 Å². The molecule has 1 aromatic carbocycles. The van der Waals surface area contributed by atoms with Crippen LogP contribution in [0.3, 0.4) is 0 Å². The molecule has 6 nitrogen and oxygen atoms in total. The van der Waals surface area contributed by atoms with Crippen molar-refractivity contribution in [1.82, 2.24) is 9.62 Å². The third kappa shape index (κ3) is 5.74. The van der Waals surface area contributed by atoms with Crippen LogP contribution in [0.25, 0.3) is 0 Å². The first-order valence-electron chi connectivity index (χ1n) is 8.42. The minimum absolute atomic E-state index is 0. The van der Waals surface area contributed by atoms with Gasteiger partial charge in [0.05, 0.1) is 13.4 Å². The molecule has 1 aliphatic carbocycles. The van der Waals surface area contributed by atoms with E-state index in [9.17, 15) is 8.42 Å². The van der Waals surface area contributed by atoms with E-state index in [-0.39, 0.29) is 18.4 Å². The van der Waals surface area contributed by atoms with Crippen molar-refractivity contribution >= 4 is 22.4 Å². The van der Waals surface area contributed by atoms with E-state index >= 15 is 0 Å². The summed E-state index contributed by atoms with van der Waals surface area (Å²) >= 11 is 0. The van der Waals surface area contributed by atoms with Crippen LogP contribution < -0.4 is 14.2 Å². The number of nitrogens with one attached hydrogen (secondary N) is 1. The number of ether oxygens (including phenoxy) is 2. The van der Waals surface area contributed by atoms with Gasteiger partial charge in [-0.15, -0.1) is 12.4 Å². The quantitative estimate of drug-likeness (QED) is 0.732. The van der Waals surface area contributed by atoms with E-state index in [1.165, 1.54) is 19.1 Å². The molecule has 0 aromatic heterocycles. The highest BCUT2D eigenvalue weighted by atomic mass is 35.5. The Balaban J connectivity index is 0.00000225. The van der Waals surface area contributed by atoms with Gasteiger partial charge in [0.1, 0.15) is 6.61 Å². The zero-order valence-corrected chi connectivity index (χ0v) is 16.3. The molecule has 0 bridgehead atoms. The number of halogens is 1. The summed E-state index contributed by atoms with van der Waals surface area (Å²) < 4.78 is 37.1. The fraction of sp³-hybridized carbons (Fsp3) is 0.647. The molecule has 1 heterocycles. The predicted octanol–water partition coefficient (Wildman–Crippen LogP) is 1.76. The number of para-hydroxylation sites is 2. The van der Waals surface area contributed by atoms with Gasteiger partial charge in [-0.05, 0) is 36.8 Å². The van der Waals surface area contributed by atoms with E-state index in [0.717, 1.165) is 31.1 Å². The monoisotopic (exact) mass is 390 g/mol. The van der Waals surface area contributed by atoms with Crippen LogP contribution >= 0.6 is 12.4 Å². The molecule has 25 heavy (non-hydrogen) atoms. The minimum atomic E-state index is -3.17. The molecule has 3 rings (SSSR count). The molecule has 0 radical (unpaired) electrons. The zero-order chi connectivity index (χ0) is 17.2. The molecule has 1 aliphatic heterocycles. The van der Waals surface area contributed by atoms with Crippen molar-refractivity contribution in [3.05, 3.63) is 24.3 Å². The molecule has 1 aromatic rings. The summed E-state index contributed by atoms with van der Waals surface area (Å²) in [4.78, 5) is 2.29. The Morgan fingerprint density at radius 1 is 1.20 bits per heavy atom. The number of sulfonamides is 1. The summed E-state index contributed by atoms with van der Waals surface area (Å²) in [5.74, 6) is 2.56. The van der Waals surface area contributed by atoms with E-state index < -0.39 is 10.0 Å². The van der Waals surface area contributed by atoms with Crippen molar-refractivity contribution in [3.63, 3.8) is 0 Å². The molecule has 2 atom stereocenters. The average Bonchev–Trinajstić information content (AvgIpc) is 3.29. The number of nitrogens with zero attached hydrogens (tertiary/aromatic N) is 1. The number of hydrogen-bond acceptors (Lipinski definition) is 5. The second kappa shape index (κ2) is 8.58. The van der Waals surface area contributed by atoms with Crippen molar-refractivity contribution in [3.8, 4) is 11.5 Å². The molecule has 2 aliphatic rings. The SMILES string of the molecule is COc1ccccc1OCCN1C[C@H](NS(C)(=O)=O)[C@@H](C2CC2)C1.Cl. The number of likely N-dealkylation sites (tertiary alicyclic amines) is 1. The van der Waals surface area contributed by atoms with E-state index in [0.29, 0.717) is 18.4 Å². The predicted molar refractivity (Wildman–Crippen MR) is 100 cm³/mol. The maximum atomic E-state index is 11.6. The second-order valence-electron chi connectivity index (χ2n) is 6.76. The summed E-state index contributed by atoms with van der Waals surface area (Å²) in [5, 5.41) is 0. The Kier molecular flexibility index (Phi) is 6.96. The molecule has 0 unspecified atom stereocenters. The Labute approximate surface area is 156 Å². The van der Waals surface area contributed by atoms with E-state index in [4.69, 9.17) is 9.47 Å². The van der Waals surface area contributed by atoms with Crippen LogP contribution in [0.1, 0.15) is 12.8 Å². The van der Waals surface area contributed by atoms with Gasteiger partial charge < -0.3 is 9.47 Å². The van der Waals surface area contributed by atoms with Crippen LogP contribution in [0, 0.1) is 11.8 Å². The average molecular weight is 391 g/mol. The first-order chi connectivity index (χ1) is 11.5. The summed E-state index contributed by atoms with van der Waals surface area (Å²) in [7, 11) is -1.54. The third-order valence-electron chi connectivity index (χ3n) is 4.77. The number of methoxy groups -OCH3 is 1. The van der Waals surface area contributed by atoms with Gasteiger partial charge in [-0.1, -0.05) is 12.1 Å². The minimum Gasteiger partial charge on any atom is -0.493 e. The molecular weight excluding hydrogens is 364 g/mol. The number of rotatable bonds is 8. The van der Waals surface area contributed by atoms with Crippen LogP contribution in [0.15, 0.2) is 24.3 Å².